The van der Waals surface area contributed by atoms with Gasteiger partial charge in [0.15, 0.2) is 0 Å². The van der Waals surface area contributed by atoms with E-state index in [0.717, 1.165) is 6.92 Å². The molecule has 0 aliphatic rings. The highest BCUT2D eigenvalue weighted by molar-refractivity contribution is 5.87. The Morgan fingerprint density at radius 2 is 2.06 bits per heavy atom. The van der Waals surface area contributed by atoms with Crippen LogP contribution in [0.15, 0.2) is 24.8 Å². The smallest absolute Gasteiger partial charge is 0.358 e. The Morgan fingerprint density at radius 3 is 2.76 bits per heavy atom. The van der Waals surface area contributed by atoms with Gasteiger partial charge in [0.1, 0.15) is 18.2 Å². The van der Waals surface area contributed by atoms with Crippen molar-refractivity contribution in [3.63, 3.8) is 0 Å². The third-order valence-corrected chi connectivity index (χ3v) is 2.28. The van der Waals surface area contributed by atoms with Crippen LogP contribution in [-0.2, 0) is 0 Å². The van der Waals surface area contributed by atoms with E-state index in [1.54, 1.807) is 6.07 Å². The zero-order valence-electron chi connectivity index (χ0n) is 8.86. The van der Waals surface area contributed by atoms with Gasteiger partial charge in [-0.3, -0.25) is 4.98 Å². The van der Waals surface area contributed by atoms with Crippen molar-refractivity contribution >= 4 is 16.7 Å². The monoisotopic (exact) mass is 242 g/mol. The maximum absolute atomic E-state index is 12.4. The summed E-state index contributed by atoms with van der Waals surface area (Å²) in [6, 6.07) is -0.102. The highest BCUT2D eigenvalue weighted by Gasteiger charge is 2.36. The highest BCUT2D eigenvalue weighted by atomic mass is 19.4. The number of halogens is 3. The Kier molecular flexibility index (Phi) is 2.83. The van der Waals surface area contributed by atoms with Gasteiger partial charge >= 0.3 is 6.18 Å². The van der Waals surface area contributed by atoms with Gasteiger partial charge in [-0.15, -0.1) is 0 Å². The van der Waals surface area contributed by atoms with Crippen LogP contribution in [0.25, 0.3) is 10.9 Å². The topological polar surface area (TPSA) is 50.7 Å². The molecular formula is C10H9F3N4. The van der Waals surface area contributed by atoms with E-state index in [4.69, 9.17) is 0 Å². The number of nitrogens with zero attached hydrogens (tertiary/aromatic N) is 3. The van der Waals surface area contributed by atoms with E-state index < -0.39 is 12.2 Å². The molecule has 0 aliphatic carbocycles. The average Bonchev–Trinajstić information content (AvgIpc) is 2.28. The molecule has 90 valence electrons. The minimum absolute atomic E-state index is 0.155. The second-order valence-electron chi connectivity index (χ2n) is 3.52. The summed E-state index contributed by atoms with van der Waals surface area (Å²) in [5.41, 5.74) is 0.499. The number of anilines is 1. The Bertz CT molecular complexity index is 521. The molecule has 0 bridgehead atoms. The van der Waals surface area contributed by atoms with Crippen molar-refractivity contribution in [1.82, 2.24) is 15.0 Å². The standard InChI is InChI=1S/C10H9F3N4/c1-6(10(11,12)13)17-9-7-2-3-14-4-8(7)15-5-16-9/h2-6H,1H3,(H,15,16,17)/t6-/m0/s1. The van der Waals surface area contributed by atoms with Gasteiger partial charge in [0.2, 0.25) is 0 Å². The second kappa shape index (κ2) is 4.15. The van der Waals surface area contributed by atoms with Gasteiger partial charge in [-0.05, 0) is 13.0 Å². The number of rotatable bonds is 2. The molecule has 17 heavy (non-hydrogen) atoms. The van der Waals surface area contributed by atoms with Gasteiger partial charge in [-0.1, -0.05) is 0 Å². The van der Waals surface area contributed by atoms with Gasteiger partial charge < -0.3 is 5.32 Å². The fourth-order valence-electron chi connectivity index (χ4n) is 1.31. The number of nitrogens with one attached hydrogen (secondary N) is 1. The van der Waals surface area contributed by atoms with Crippen molar-refractivity contribution in [1.29, 1.82) is 0 Å². The lowest BCUT2D eigenvalue weighted by atomic mass is 10.2. The summed E-state index contributed by atoms with van der Waals surface area (Å²) in [5, 5.41) is 2.83. The number of hydrogen-bond acceptors (Lipinski definition) is 4. The summed E-state index contributed by atoms with van der Waals surface area (Å²) in [4.78, 5) is 11.6. The zero-order valence-corrected chi connectivity index (χ0v) is 8.86. The predicted octanol–water partition coefficient (Wildman–Crippen LogP) is 2.39. The van der Waals surface area contributed by atoms with Crippen LogP contribution in [0.5, 0.6) is 0 Å². The van der Waals surface area contributed by atoms with E-state index in [1.165, 1.54) is 18.7 Å². The third-order valence-electron chi connectivity index (χ3n) is 2.28. The number of alkyl halides is 3. The van der Waals surface area contributed by atoms with E-state index in [9.17, 15) is 13.2 Å². The Morgan fingerprint density at radius 1 is 1.29 bits per heavy atom. The SMILES string of the molecule is C[C@H](Nc1ncnc2cnccc12)C(F)(F)F. The predicted molar refractivity (Wildman–Crippen MR) is 56.5 cm³/mol. The minimum Gasteiger partial charge on any atom is -0.358 e. The van der Waals surface area contributed by atoms with E-state index >= 15 is 0 Å². The van der Waals surface area contributed by atoms with Gasteiger partial charge in [-0.2, -0.15) is 13.2 Å². The van der Waals surface area contributed by atoms with Gasteiger partial charge in [0, 0.05) is 11.6 Å². The molecule has 0 amide bonds. The summed E-state index contributed by atoms with van der Waals surface area (Å²) >= 11 is 0. The molecule has 2 rings (SSSR count). The van der Waals surface area contributed by atoms with Gasteiger partial charge in [-0.25, -0.2) is 9.97 Å². The zero-order chi connectivity index (χ0) is 12.5. The lowest BCUT2D eigenvalue weighted by molar-refractivity contribution is -0.138. The fourth-order valence-corrected chi connectivity index (χ4v) is 1.31. The van der Waals surface area contributed by atoms with Crippen LogP contribution in [0.4, 0.5) is 19.0 Å². The molecular weight excluding hydrogens is 233 g/mol. The molecule has 2 aromatic rings. The van der Waals surface area contributed by atoms with E-state index in [0.29, 0.717) is 10.9 Å². The maximum atomic E-state index is 12.4. The molecule has 2 aromatic heterocycles. The molecule has 0 saturated carbocycles. The van der Waals surface area contributed by atoms with Crippen molar-refractivity contribution in [3.05, 3.63) is 24.8 Å². The van der Waals surface area contributed by atoms with E-state index in [1.807, 2.05) is 0 Å². The molecule has 0 unspecified atom stereocenters. The van der Waals surface area contributed by atoms with Crippen molar-refractivity contribution in [2.75, 3.05) is 5.32 Å². The van der Waals surface area contributed by atoms with Crippen molar-refractivity contribution in [2.45, 2.75) is 19.1 Å². The minimum atomic E-state index is -4.32. The second-order valence-corrected chi connectivity index (χ2v) is 3.52. The molecule has 2 heterocycles. The van der Waals surface area contributed by atoms with Crippen LogP contribution in [0, 0.1) is 0 Å². The van der Waals surface area contributed by atoms with Crippen LogP contribution in [0.2, 0.25) is 0 Å². The third kappa shape index (κ3) is 2.43. The van der Waals surface area contributed by atoms with Crippen LogP contribution < -0.4 is 5.32 Å². The van der Waals surface area contributed by atoms with Crippen LogP contribution in [0.1, 0.15) is 6.92 Å². The maximum Gasteiger partial charge on any atom is 0.408 e. The molecule has 7 heteroatoms. The number of aromatic nitrogens is 3. The quantitative estimate of drug-likeness (QED) is 0.878. The number of pyridine rings is 1. The Balaban J connectivity index is 2.36. The van der Waals surface area contributed by atoms with Crippen LogP contribution >= 0.6 is 0 Å². The number of fused-ring (bicyclic) bond motifs is 1. The van der Waals surface area contributed by atoms with Gasteiger partial charge in [0.25, 0.3) is 0 Å². The summed E-state index contributed by atoms with van der Waals surface area (Å²) < 4.78 is 37.2. The average molecular weight is 242 g/mol. The molecule has 0 spiro atoms. The fraction of sp³-hybridized carbons (Fsp3) is 0.300. The van der Waals surface area contributed by atoms with Crippen molar-refractivity contribution in [3.8, 4) is 0 Å². The van der Waals surface area contributed by atoms with Crippen LogP contribution in [0.3, 0.4) is 0 Å². The molecule has 0 aromatic carbocycles. The molecule has 1 N–H and O–H groups in total. The van der Waals surface area contributed by atoms with Gasteiger partial charge in [0.05, 0.1) is 11.7 Å². The molecule has 0 radical (unpaired) electrons. The lowest BCUT2D eigenvalue weighted by Crippen LogP contribution is -2.33. The Labute approximate surface area is 94.9 Å². The van der Waals surface area contributed by atoms with E-state index in [2.05, 4.69) is 20.3 Å². The molecule has 0 fully saturated rings. The molecule has 0 aliphatic heterocycles. The van der Waals surface area contributed by atoms with E-state index in [-0.39, 0.29) is 5.82 Å². The molecule has 1 atom stereocenters. The summed E-state index contributed by atoms with van der Waals surface area (Å²) in [5.74, 6) is 0.155. The highest BCUT2D eigenvalue weighted by Crippen LogP contribution is 2.25. The normalized spacial score (nSPS) is 13.6. The first-order valence-electron chi connectivity index (χ1n) is 4.86. The largest absolute Gasteiger partial charge is 0.408 e. The number of hydrogen-bond donors (Lipinski definition) is 1. The van der Waals surface area contributed by atoms with Crippen LogP contribution in [-0.4, -0.2) is 27.2 Å². The first kappa shape index (κ1) is 11.6. The molecule has 4 nitrogen and oxygen atoms in total. The summed E-state index contributed by atoms with van der Waals surface area (Å²) in [6.45, 7) is 1.04. The first-order valence-corrected chi connectivity index (χ1v) is 4.86. The van der Waals surface area contributed by atoms with Crippen molar-refractivity contribution in [2.24, 2.45) is 0 Å². The summed E-state index contributed by atoms with van der Waals surface area (Å²) in [6.07, 6.45) is -0.157. The first-order chi connectivity index (χ1) is 7.98. The molecule has 0 saturated heterocycles. The Hall–Kier alpha value is -1.92. The van der Waals surface area contributed by atoms with Crippen molar-refractivity contribution < 1.29 is 13.2 Å². The summed E-state index contributed by atoms with van der Waals surface area (Å²) in [7, 11) is 0. The lowest BCUT2D eigenvalue weighted by Gasteiger charge is -2.18.